The van der Waals surface area contributed by atoms with Crippen molar-refractivity contribution in [2.24, 2.45) is 4.99 Å². The van der Waals surface area contributed by atoms with Crippen LogP contribution in [-0.4, -0.2) is 17.2 Å². The van der Waals surface area contributed by atoms with Crippen molar-refractivity contribution in [3.05, 3.63) is 41.5 Å². The molecule has 0 aliphatic heterocycles. The highest BCUT2D eigenvalue weighted by molar-refractivity contribution is 6.16. The van der Waals surface area contributed by atoms with Gasteiger partial charge in [-0.2, -0.15) is 0 Å². The van der Waals surface area contributed by atoms with Crippen molar-refractivity contribution < 1.29 is 4.79 Å². The van der Waals surface area contributed by atoms with Crippen molar-refractivity contribution in [3.8, 4) is 0 Å². The molecule has 0 N–H and O–H groups in total. The minimum atomic E-state index is -0.205. The molecule has 0 radical (unpaired) electrons. The van der Waals surface area contributed by atoms with E-state index < -0.39 is 0 Å². The van der Waals surface area contributed by atoms with Crippen LogP contribution in [-0.2, 0) is 4.79 Å². The number of hydrogen-bond donors (Lipinski definition) is 0. The lowest BCUT2D eigenvalue weighted by atomic mass is 10.0. The maximum Gasteiger partial charge on any atom is 0.129 e. The van der Waals surface area contributed by atoms with Crippen LogP contribution < -0.4 is 0 Å². The second-order valence-electron chi connectivity index (χ2n) is 4.72. The topological polar surface area (TPSA) is 29.4 Å². The number of carbonyl (C=O) groups excluding carboxylic acids is 1. The van der Waals surface area contributed by atoms with E-state index in [1.807, 2.05) is 57.0 Å². The fourth-order valence-electron chi connectivity index (χ4n) is 1.34. The third kappa shape index (κ3) is 3.48. The maximum atomic E-state index is 10.8. The molecule has 0 aliphatic carbocycles. The van der Waals surface area contributed by atoms with E-state index in [0.717, 1.165) is 11.3 Å². The molecular formula is C14H17NO. The molecule has 1 rings (SSSR count). The van der Waals surface area contributed by atoms with Gasteiger partial charge in [0.25, 0.3) is 0 Å². The summed E-state index contributed by atoms with van der Waals surface area (Å²) in [5.74, 6) is 1.92. The highest BCUT2D eigenvalue weighted by Crippen LogP contribution is 2.14. The maximum absolute atomic E-state index is 10.8. The normalized spacial score (nSPS) is 12.1. The van der Waals surface area contributed by atoms with Gasteiger partial charge in [-0.25, -0.2) is 4.79 Å². The summed E-state index contributed by atoms with van der Waals surface area (Å²) in [6.45, 7) is 7.76. The molecule has 16 heavy (non-hydrogen) atoms. The molecule has 0 heterocycles. The van der Waals surface area contributed by atoms with Gasteiger partial charge in [0.15, 0.2) is 0 Å². The van der Waals surface area contributed by atoms with Gasteiger partial charge in [-0.1, -0.05) is 30.3 Å². The van der Waals surface area contributed by atoms with Crippen molar-refractivity contribution in [2.75, 3.05) is 0 Å². The van der Waals surface area contributed by atoms with Crippen LogP contribution in [0.25, 0.3) is 0 Å². The van der Waals surface area contributed by atoms with Gasteiger partial charge >= 0.3 is 0 Å². The van der Waals surface area contributed by atoms with E-state index in [-0.39, 0.29) is 5.54 Å². The molecule has 0 atom stereocenters. The highest BCUT2D eigenvalue weighted by Gasteiger charge is 2.13. The van der Waals surface area contributed by atoms with Crippen LogP contribution in [0.1, 0.15) is 33.3 Å². The van der Waals surface area contributed by atoms with Gasteiger partial charge in [-0.15, -0.1) is 0 Å². The van der Waals surface area contributed by atoms with Gasteiger partial charge < -0.3 is 0 Å². The number of hydrogen-bond acceptors (Lipinski definition) is 2. The lowest BCUT2D eigenvalue weighted by Gasteiger charge is -2.15. The molecule has 84 valence electrons. The number of nitrogens with zero attached hydrogens (tertiary/aromatic N) is 1. The zero-order valence-electron chi connectivity index (χ0n) is 10.2. The Bertz CT molecular complexity index is 432. The molecule has 0 aliphatic rings. The summed E-state index contributed by atoms with van der Waals surface area (Å²) in [6, 6.07) is 9.71. The van der Waals surface area contributed by atoms with E-state index in [4.69, 9.17) is 0 Å². The van der Waals surface area contributed by atoms with Crippen LogP contribution in [0, 0.1) is 0 Å². The third-order valence-electron chi connectivity index (χ3n) is 2.00. The molecule has 0 fully saturated rings. The van der Waals surface area contributed by atoms with E-state index in [9.17, 15) is 4.79 Å². The Hall–Kier alpha value is -1.66. The molecule has 2 nitrogen and oxygen atoms in total. The Balaban J connectivity index is 3.29. The Labute approximate surface area is 96.7 Å². The summed E-state index contributed by atoms with van der Waals surface area (Å²) < 4.78 is 0. The molecule has 1 aromatic rings. The second kappa shape index (κ2) is 4.91. The van der Waals surface area contributed by atoms with E-state index in [1.165, 1.54) is 0 Å². The molecule has 0 bridgehead atoms. The van der Waals surface area contributed by atoms with Crippen molar-refractivity contribution in [1.82, 2.24) is 0 Å². The molecule has 2 heteroatoms. The fraction of sp³-hybridized carbons (Fsp3) is 0.357. The summed E-state index contributed by atoms with van der Waals surface area (Å²) in [4.78, 5) is 15.3. The van der Waals surface area contributed by atoms with Gasteiger partial charge in [0.05, 0.1) is 16.8 Å². The molecule has 0 saturated heterocycles. The van der Waals surface area contributed by atoms with Crippen LogP contribution >= 0.6 is 0 Å². The van der Waals surface area contributed by atoms with Crippen LogP contribution in [0.4, 0.5) is 0 Å². The van der Waals surface area contributed by atoms with Crippen molar-refractivity contribution in [2.45, 2.75) is 33.2 Å². The molecule has 1 aromatic carbocycles. The average molecular weight is 215 g/mol. The zero-order chi connectivity index (χ0) is 12.2. The highest BCUT2D eigenvalue weighted by atomic mass is 16.1. The Kier molecular flexibility index (Phi) is 3.81. The minimum Gasteiger partial charge on any atom is -0.278 e. The first-order chi connectivity index (χ1) is 7.44. The summed E-state index contributed by atoms with van der Waals surface area (Å²) in [7, 11) is 0. The van der Waals surface area contributed by atoms with Crippen LogP contribution in [0.2, 0.25) is 0 Å². The summed E-state index contributed by atoms with van der Waals surface area (Å²) >= 11 is 0. The predicted molar refractivity (Wildman–Crippen MR) is 67.6 cm³/mol. The van der Waals surface area contributed by atoms with Crippen LogP contribution in [0.5, 0.6) is 0 Å². The van der Waals surface area contributed by atoms with E-state index in [1.54, 1.807) is 6.92 Å². The van der Waals surface area contributed by atoms with Gasteiger partial charge in [-0.3, -0.25) is 4.99 Å². The quantitative estimate of drug-likeness (QED) is 0.550. The Morgan fingerprint density at radius 1 is 1.19 bits per heavy atom. The molecule has 0 spiro atoms. The Morgan fingerprint density at radius 3 is 2.19 bits per heavy atom. The molecule has 0 unspecified atom stereocenters. The number of rotatable bonds is 2. The van der Waals surface area contributed by atoms with E-state index in [2.05, 4.69) is 4.99 Å². The molecule has 0 aromatic heterocycles. The summed E-state index contributed by atoms with van der Waals surface area (Å²) in [6.07, 6.45) is 0. The van der Waals surface area contributed by atoms with E-state index in [0.29, 0.717) is 5.57 Å². The molecule has 0 amide bonds. The smallest absolute Gasteiger partial charge is 0.129 e. The number of allylic oxidation sites excluding steroid dienone is 1. The standard InChI is InChI=1S/C14H17NO/c1-11(10-16)13(15-14(2,3)4)12-8-6-5-7-9-12/h5-9H,1-4H3. The van der Waals surface area contributed by atoms with Gasteiger partial charge in [0.1, 0.15) is 5.94 Å². The molecule has 0 saturated carbocycles. The van der Waals surface area contributed by atoms with Gasteiger partial charge in [-0.05, 0) is 27.7 Å². The first kappa shape index (κ1) is 12.4. The van der Waals surface area contributed by atoms with Crippen molar-refractivity contribution in [3.63, 3.8) is 0 Å². The van der Waals surface area contributed by atoms with E-state index >= 15 is 0 Å². The second-order valence-corrected chi connectivity index (χ2v) is 4.72. The SMILES string of the molecule is CC(=C=O)C(=NC(C)(C)C)c1ccccc1. The van der Waals surface area contributed by atoms with Crippen LogP contribution in [0.3, 0.4) is 0 Å². The number of aliphatic imine (C=N–C) groups is 1. The minimum absolute atomic E-state index is 0.205. The van der Waals surface area contributed by atoms with Crippen LogP contribution in [0.15, 0.2) is 40.9 Å². The average Bonchev–Trinajstić information content (AvgIpc) is 2.25. The zero-order valence-corrected chi connectivity index (χ0v) is 10.2. The molecular weight excluding hydrogens is 198 g/mol. The lowest BCUT2D eigenvalue weighted by Crippen LogP contribution is -2.16. The van der Waals surface area contributed by atoms with Gasteiger partial charge in [0, 0.05) is 5.56 Å². The predicted octanol–water partition coefficient (Wildman–Crippen LogP) is 3.05. The monoisotopic (exact) mass is 215 g/mol. The summed E-state index contributed by atoms with van der Waals surface area (Å²) in [5, 5.41) is 0. The first-order valence-electron chi connectivity index (χ1n) is 5.31. The third-order valence-corrected chi connectivity index (χ3v) is 2.00. The largest absolute Gasteiger partial charge is 0.278 e. The first-order valence-corrected chi connectivity index (χ1v) is 5.31. The Morgan fingerprint density at radius 2 is 1.75 bits per heavy atom. The summed E-state index contributed by atoms with van der Waals surface area (Å²) in [5.41, 5.74) is 2.02. The number of benzene rings is 1. The lowest BCUT2D eigenvalue weighted by molar-refractivity contribution is 0.567. The fourth-order valence-corrected chi connectivity index (χ4v) is 1.34. The van der Waals surface area contributed by atoms with Gasteiger partial charge in [0.2, 0.25) is 0 Å². The van der Waals surface area contributed by atoms with Crippen molar-refractivity contribution >= 4 is 11.7 Å². The van der Waals surface area contributed by atoms with Crippen molar-refractivity contribution in [1.29, 1.82) is 0 Å².